The fourth-order valence-corrected chi connectivity index (χ4v) is 3.29. The number of likely N-dealkylation sites (tertiary alicyclic amines) is 1. The van der Waals surface area contributed by atoms with Gasteiger partial charge in [0.25, 0.3) is 0 Å². The van der Waals surface area contributed by atoms with E-state index in [2.05, 4.69) is 15.0 Å². The Hall–Kier alpha value is -3.10. The highest BCUT2D eigenvalue weighted by Gasteiger charge is 2.32. The molecule has 9 heteroatoms. The number of ether oxygens (including phenoxy) is 1. The first-order chi connectivity index (χ1) is 14.3. The minimum Gasteiger partial charge on any atom is -0.468 e. The quantitative estimate of drug-likeness (QED) is 0.744. The second-order valence-corrected chi connectivity index (χ2v) is 6.98. The van der Waals surface area contributed by atoms with Crippen LogP contribution in [0.4, 0.5) is 13.2 Å². The minimum absolute atomic E-state index is 0.0646. The Morgan fingerprint density at radius 2 is 1.97 bits per heavy atom. The zero-order chi connectivity index (χ0) is 21.6. The van der Waals surface area contributed by atoms with Crippen molar-refractivity contribution in [3.63, 3.8) is 0 Å². The largest absolute Gasteiger partial charge is 0.468 e. The normalized spacial score (nSPS) is 15.6. The maximum Gasteiger partial charge on any atom is 0.422 e. The number of carbonyl (C=O) groups excluding carboxylic acids is 2. The number of halogens is 3. The molecular weight excluding hydrogens is 399 g/mol. The van der Waals surface area contributed by atoms with Crippen LogP contribution in [-0.4, -0.2) is 41.0 Å². The van der Waals surface area contributed by atoms with Gasteiger partial charge in [-0.2, -0.15) is 13.2 Å². The number of nitrogens with zero attached hydrogens (tertiary/aromatic N) is 2. The standard InChI is InChI=1S/C21H22F3N3O3/c22-21(23,24)14-30-17-12-15(9-10-25-17)13-26-20(29)19(16-6-2-1-3-7-16)27-11-5-4-8-18(27)28/h1-3,6-7,9-10,12,19H,4-5,8,11,13-14H2,(H,26,29). The average molecular weight is 421 g/mol. The maximum atomic E-state index is 13.0. The summed E-state index contributed by atoms with van der Waals surface area (Å²) in [4.78, 5) is 30.7. The van der Waals surface area contributed by atoms with Crippen LogP contribution in [0.15, 0.2) is 48.7 Å². The van der Waals surface area contributed by atoms with E-state index in [0.29, 0.717) is 24.1 Å². The Bertz CT molecular complexity index is 875. The molecule has 1 aliphatic heterocycles. The van der Waals surface area contributed by atoms with Crippen molar-refractivity contribution in [3.05, 3.63) is 59.8 Å². The van der Waals surface area contributed by atoms with Crippen molar-refractivity contribution >= 4 is 11.8 Å². The highest BCUT2D eigenvalue weighted by atomic mass is 19.4. The van der Waals surface area contributed by atoms with Crippen molar-refractivity contribution in [2.24, 2.45) is 0 Å². The van der Waals surface area contributed by atoms with Crippen LogP contribution >= 0.6 is 0 Å². The Morgan fingerprint density at radius 3 is 2.67 bits per heavy atom. The van der Waals surface area contributed by atoms with Crippen LogP contribution < -0.4 is 10.1 Å². The van der Waals surface area contributed by atoms with Gasteiger partial charge in [-0.05, 0) is 30.0 Å². The Labute approximate surface area is 172 Å². The second kappa shape index (κ2) is 9.60. The third kappa shape index (κ3) is 5.95. The average Bonchev–Trinajstić information content (AvgIpc) is 2.73. The third-order valence-electron chi connectivity index (χ3n) is 4.69. The van der Waals surface area contributed by atoms with E-state index in [1.54, 1.807) is 35.2 Å². The molecule has 1 fully saturated rings. The molecule has 0 saturated carbocycles. The Kier molecular flexibility index (Phi) is 6.91. The molecule has 1 unspecified atom stereocenters. The highest BCUT2D eigenvalue weighted by molar-refractivity contribution is 5.89. The number of nitrogens with one attached hydrogen (secondary N) is 1. The minimum atomic E-state index is -4.46. The molecule has 0 bridgehead atoms. The summed E-state index contributed by atoms with van der Waals surface area (Å²) in [6.07, 6.45) is -1.12. The predicted octanol–water partition coefficient (Wildman–Crippen LogP) is 3.39. The molecule has 2 heterocycles. The summed E-state index contributed by atoms with van der Waals surface area (Å²) in [5, 5.41) is 2.78. The van der Waals surface area contributed by atoms with Crippen molar-refractivity contribution in [2.75, 3.05) is 13.2 Å². The summed E-state index contributed by atoms with van der Waals surface area (Å²) in [5.74, 6) is -0.604. The summed E-state index contributed by atoms with van der Waals surface area (Å²) in [6, 6.07) is 11.2. The van der Waals surface area contributed by atoms with E-state index in [0.717, 1.165) is 12.8 Å². The lowest BCUT2D eigenvalue weighted by atomic mass is 10.0. The number of pyridine rings is 1. The smallest absolute Gasteiger partial charge is 0.422 e. The van der Waals surface area contributed by atoms with E-state index < -0.39 is 18.8 Å². The lowest BCUT2D eigenvalue weighted by Crippen LogP contribution is -2.45. The van der Waals surface area contributed by atoms with Crippen LogP contribution in [-0.2, 0) is 16.1 Å². The fourth-order valence-electron chi connectivity index (χ4n) is 3.29. The number of amides is 2. The molecule has 1 N–H and O–H groups in total. The first-order valence-electron chi connectivity index (χ1n) is 9.60. The van der Waals surface area contributed by atoms with Crippen molar-refractivity contribution in [1.29, 1.82) is 0 Å². The monoisotopic (exact) mass is 421 g/mol. The van der Waals surface area contributed by atoms with E-state index in [4.69, 9.17) is 0 Å². The van der Waals surface area contributed by atoms with Gasteiger partial charge in [0.05, 0.1) is 0 Å². The maximum absolute atomic E-state index is 13.0. The summed E-state index contributed by atoms with van der Waals surface area (Å²) < 4.78 is 41.6. The van der Waals surface area contributed by atoms with Crippen LogP contribution in [0.25, 0.3) is 0 Å². The molecule has 6 nitrogen and oxygen atoms in total. The SMILES string of the molecule is O=C(NCc1ccnc(OCC(F)(F)F)c1)C(c1ccccc1)N1CCCCC1=O. The van der Waals surface area contributed by atoms with Crippen molar-refractivity contribution < 1.29 is 27.5 Å². The van der Waals surface area contributed by atoms with E-state index in [9.17, 15) is 22.8 Å². The van der Waals surface area contributed by atoms with Gasteiger partial charge in [-0.1, -0.05) is 30.3 Å². The molecule has 0 radical (unpaired) electrons. The Morgan fingerprint density at radius 1 is 1.20 bits per heavy atom. The molecule has 2 amide bonds. The number of aromatic nitrogens is 1. The molecule has 1 aliphatic rings. The predicted molar refractivity (Wildman–Crippen MR) is 102 cm³/mol. The second-order valence-electron chi connectivity index (χ2n) is 6.98. The van der Waals surface area contributed by atoms with Crippen LogP contribution in [0.1, 0.15) is 36.4 Å². The Balaban J connectivity index is 1.70. The molecule has 2 aromatic rings. The highest BCUT2D eigenvalue weighted by Crippen LogP contribution is 2.26. The zero-order valence-electron chi connectivity index (χ0n) is 16.2. The summed E-state index contributed by atoms with van der Waals surface area (Å²) >= 11 is 0. The van der Waals surface area contributed by atoms with Gasteiger partial charge in [-0.15, -0.1) is 0 Å². The number of alkyl halides is 3. The van der Waals surface area contributed by atoms with Gasteiger partial charge in [0.2, 0.25) is 17.7 Å². The molecule has 0 aliphatic carbocycles. The van der Waals surface area contributed by atoms with Crippen molar-refractivity contribution in [1.82, 2.24) is 15.2 Å². The lowest BCUT2D eigenvalue weighted by Gasteiger charge is -2.34. The first-order valence-corrected chi connectivity index (χ1v) is 9.60. The number of benzene rings is 1. The molecule has 30 heavy (non-hydrogen) atoms. The number of hydrogen-bond acceptors (Lipinski definition) is 4. The number of carbonyl (C=O) groups is 2. The van der Waals surface area contributed by atoms with Crippen LogP contribution in [0, 0.1) is 0 Å². The van der Waals surface area contributed by atoms with E-state index in [1.807, 2.05) is 6.07 Å². The summed E-state index contributed by atoms with van der Waals surface area (Å²) in [5.41, 5.74) is 1.24. The van der Waals surface area contributed by atoms with Crippen molar-refractivity contribution in [2.45, 2.75) is 38.0 Å². The fraction of sp³-hybridized carbons (Fsp3) is 0.381. The van der Waals surface area contributed by atoms with Gasteiger partial charge >= 0.3 is 6.18 Å². The zero-order valence-corrected chi connectivity index (χ0v) is 16.2. The van der Waals surface area contributed by atoms with Gasteiger partial charge in [-0.25, -0.2) is 4.98 Å². The summed E-state index contributed by atoms with van der Waals surface area (Å²) in [6.45, 7) is -0.880. The van der Waals surface area contributed by atoms with Gasteiger partial charge < -0.3 is 15.0 Å². The van der Waals surface area contributed by atoms with E-state index in [-0.39, 0.29) is 24.2 Å². The van der Waals surface area contributed by atoms with Crippen LogP contribution in [0.3, 0.4) is 0 Å². The van der Waals surface area contributed by atoms with Gasteiger partial charge in [0, 0.05) is 31.8 Å². The van der Waals surface area contributed by atoms with Crippen LogP contribution in [0.5, 0.6) is 5.88 Å². The molecule has 0 spiro atoms. The van der Waals surface area contributed by atoms with Gasteiger partial charge in [0.15, 0.2) is 6.61 Å². The number of hydrogen-bond donors (Lipinski definition) is 1. The van der Waals surface area contributed by atoms with Crippen LogP contribution in [0.2, 0.25) is 0 Å². The number of piperidine rings is 1. The molecule has 1 atom stereocenters. The van der Waals surface area contributed by atoms with E-state index in [1.165, 1.54) is 12.3 Å². The van der Waals surface area contributed by atoms with Crippen molar-refractivity contribution in [3.8, 4) is 5.88 Å². The lowest BCUT2D eigenvalue weighted by molar-refractivity contribution is -0.154. The van der Waals surface area contributed by atoms with Gasteiger partial charge in [0.1, 0.15) is 6.04 Å². The topological polar surface area (TPSA) is 71.5 Å². The third-order valence-corrected chi connectivity index (χ3v) is 4.69. The molecule has 1 aromatic heterocycles. The number of rotatable bonds is 7. The first kappa shape index (κ1) is 21.6. The molecule has 1 saturated heterocycles. The van der Waals surface area contributed by atoms with E-state index >= 15 is 0 Å². The molecule has 1 aromatic carbocycles. The molecule has 3 rings (SSSR count). The van der Waals surface area contributed by atoms with Gasteiger partial charge in [-0.3, -0.25) is 9.59 Å². The molecule has 160 valence electrons. The molecular formula is C21H22F3N3O3. The summed E-state index contributed by atoms with van der Waals surface area (Å²) in [7, 11) is 0.